The number of aromatic nitrogens is 2. The first-order chi connectivity index (χ1) is 10.2. The monoisotopic (exact) mass is 321 g/mol. The molecule has 1 amide bonds. The van der Waals surface area contributed by atoms with E-state index in [4.69, 9.17) is 11.6 Å². The van der Waals surface area contributed by atoms with Gasteiger partial charge < -0.3 is 4.90 Å². The van der Waals surface area contributed by atoms with Crippen molar-refractivity contribution in [3.05, 3.63) is 45.4 Å². The zero-order valence-electron chi connectivity index (χ0n) is 11.5. The van der Waals surface area contributed by atoms with E-state index in [0.29, 0.717) is 15.4 Å². The molecule has 0 atom stereocenters. The molecule has 1 aliphatic rings. The standard InChI is InChI=1S/C15H16ClN3OS/c16-15-18-17-13(21-15)14(20)19-8-6-12(7-9-19)10-11-4-2-1-3-5-11/h1-5,12H,6-10H2. The Morgan fingerprint density at radius 1 is 1.24 bits per heavy atom. The van der Waals surface area contributed by atoms with Crippen LogP contribution in [0.4, 0.5) is 0 Å². The van der Waals surface area contributed by atoms with Crippen LogP contribution in [0.1, 0.15) is 28.2 Å². The molecule has 1 saturated heterocycles. The maximum atomic E-state index is 12.3. The number of hydrogen-bond acceptors (Lipinski definition) is 4. The van der Waals surface area contributed by atoms with Gasteiger partial charge in [0, 0.05) is 13.1 Å². The van der Waals surface area contributed by atoms with Gasteiger partial charge in [-0.2, -0.15) is 0 Å². The summed E-state index contributed by atoms with van der Waals surface area (Å²) in [6.45, 7) is 1.57. The SMILES string of the molecule is O=C(c1nnc(Cl)s1)N1CCC(Cc2ccccc2)CC1. The fraction of sp³-hybridized carbons (Fsp3) is 0.400. The molecule has 0 unspecified atom stereocenters. The van der Waals surface area contributed by atoms with Gasteiger partial charge in [0.1, 0.15) is 0 Å². The van der Waals surface area contributed by atoms with Crippen molar-refractivity contribution in [1.82, 2.24) is 15.1 Å². The highest BCUT2D eigenvalue weighted by atomic mass is 35.5. The minimum absolute atomic E-state index is 0.0439. The third-order valence-corrected chi connectivity index (χ3v) is 4.86. The summed E-state index contributed by atoms with van der Waals surface area (Å²) in [5.74, 6) is 0.604. The Bertz CT molecular complexity index is 608. The fourth-order valence-electron chi connectivity index (χ4n) is 2.71. The van der Waals surface area contributed by atoms with Crippen LogP contribution in [0.3, 0.4) is 0 Å². The van der Waals surface area contributed by atoms with Crippen LogP contribution in [0.25, 0.3) is 0 Å². The molecule has 1 aromatic heterocycles. The van der Waals surface area contributed by atoms with E-state index in [-0.39, 0.29) is 5.91 Å². The molecule has 0 N–H and O–H groups in total. The number of rotatable bonds is 3. The number of likely N-dealkylation sites (tertiary alicyclic amines) is 1. The molecule has 110 valence electrons. The third kappa shape index (κ3) is 3.60. The molecule has 1 aromatic carbocycles. The molecular weight excluding hydrogens is 306 g/mol. The molecule has 21 heavy (non-hydrogen) atoms. The normalized spacial score (nSPS) is 16.1. The van der Waals surface area contributed by atoms with Crippen LogP contribution in [-0.4, -0.2) is 34.1 Å². The number of carbonyl (C=O) groups is 1. The molecule has 0 saturated carbocycles. The topological polar surface area (TPSA) is 46.1 Å². The Hall–Kier alpha value is -1.46. The van der Waals surface area contributed by atoms with E-state index in [1.165, 1.54) is 5.56 Å². The van der Waals surface area contributed by atoms with Crippen LogP contribution in [0.5, 0.6) is 0 Å². The Balaban J connectivity index is 1.54. The average molecular weight is 322 g/mol. The Morgan fingerprint density at radius 2 is 1.95 bits per heavy atom. The fourth-order valence-corrected chi connectivity index (χ4v) is 3.51. The number of hydrogen-bond donors (Lipinski definition) is 0. The van der Waals surface area contributed by atoms with Gasteiger partial charge in [-0.1, -0.05) is 41.7 Å². The highest BCUT2D eigenvalue weighted by Gasteiger charge is 2.25. The number of nitrogens with zero attached hydrogens (tertiary/aromatic N) is 3. The van der Waals surface area contributed by atoms with Crippen LogP contribution < -0.4 is 0 Å². The second kappa shape index (κ2) is 6.54. The number of halogens is 1. The summed E-state index contributed by atoms with van der Waals surface area (Å²) in [6.07, 6.45) is 3.16. The van der Waals surface area contributed by atoms with Crippen LogP contribution >= 0.6 is 22.9 Å². The van der Waals surface area contributed by atoms with E-state index in [2.05, 4.69) is 34.5 Å². The molecule has 4 nitrogen and oxygen atoms in total. The Labute approximate surface area is 132 Å². The van der Waals surface area contributed by atoms with Gasteiger partial charge in [-0.25, -0.2) is 0 Å². The first-order valence-corrected chi connectivity index (χ1v) is 8.24. The predicted molar refractivity (Wildman–Crippen MR) is 83.7 cm³/mol. The number of piperidine rings is 1. The van der Waals surface area contributed by atoms with Crippen molar-refractivity contribution in [1.29, 1.82) is 0 Å². The number of benzene rings is 1. The van der Waals surface area contributed by atoms with Gasteiger partial charge in [-0.05, 0) is 42.3 Å². The summed E-state index contributed by atoms with van der Waals surface area (Å²) in [7, 11) is 0. The number of carbonyl (C=O) groups excluding carboxylic acids is 1. The smallest absolute Gasteiger partial charge is 0.284 e. The lowest BCUT2D eigenvalue weighted by Gasteiger charge is -2.31. The maximum Gasteiger partial charge on any atom is 0.284 e. The van der Waals surface area contributed by atoms with Gasteiger partial charge in [0.2, 0.25) is 9.47 Å². The molecule has 2 aromatic rings. The minimum Gasteiger partial charge on any atom is -0.337 e. The van der Waals surface area contributed by atoms with Crippen LogP contribution in [0.2, 0.25) is 4.47 Å². The first-order valence-electron chi connectivity index (χ1n) is 7.04. The highest BCUT2D eigenvalue weighted by molar-refractivity contribution is 7.17. The summed E-state index contributed by atoms with van der Waals surface area (Å²) in [6, 6.07) is 10.5. The molecule has 0 bridgehead atoms. The van der Waals surface area contributed by atoms with E-state index in [9.17, 15) is 4.79 Å². The van der Waals surface area contributed by atoms with Gasteiger partial charge in [0.25, 0.3) is 5.91 Å². The van der Waals surface area contributed by atoms with E-state index < -0.39 is 0 Å². The molecule has 2 heterocycles. The molecular formula is C15H16ClN3OS. The Kier molecular flexibility index (Phi) is 4.51. The van der Waals surface area contributed by atoms with Crippen molar-refractivity contribution in [2.24, 2.45) is 5.92 Å². The highest BCUT2D eigenvalue weighted by Crippen LogP contribution is 2.24. The summed E-state index contributed by atoms with van der Waals surface area (Å²) in [4.78, 5) is 14.1. The average Bonchev–Trinajstić information content (AvgIpc) is 2.95. The third-order valence-electron chi connectivity index (χ3n) is 3.85. The van der Waals surface area contributed by atoms with E-state index in [1.54, 1.807) is 0 Å². The molecule has 1 aliphatic heterocycles. The Morgan fingerprint density at radius 3 is 2.57 bits per heavy atom. The van der Waals surface area contributed by atoms with Crippen molar-refractivity contribution >= 4 is 28.8 Å². The lowest BCUT2D eigenvalue weighted by atomic mass is 9.90. The van der Waals surface area contributed by atoms with Crippen molar-refractivity contribution in [2.75, 3.05) is 13.1 Å². The second-order valence-corrected chi connectivity index (χ2v) is 6.85. The van der Waals surface area contributed by atoms with E-state index in [0.717, 1.165) is 43.7 Å². The van der Waals surface area contributed by atoms with Gasteiger partial charge in [0.05, 0.1) is 0 Å². The van der Waals surface area contributed by atoms with Crippen molar-refractivity contribution in [3.63, 3.8) is 0 Å². The molecule has 0 aliphatic carbocycles. The van der Waals surface area contributed by atoms with E-state index >= 15 is 0 Å². The summed E-state index contributed by atoms with van der Waals surface area (Å²) >= 11 is 6.88. The van der Waals surface area contributed by atoms with Gasteiger partial charge in [-0.3, -0.25) is 4.79 Å². The van der Waals surface area contributed by atoms with Gasteiger partial charge in [-0.15, -0.1) is 10.2 Å². The molecule has 1 fully saturated rings. The van der Waals surface area contributed by atoms with Gasteiger partial charge >= 0.3 is 0 Å². The maximum absolute atomic E-state index is 12.3. The van der Waals surface area contributed by atoms with Crippen LogP contribution in [0, 0.1) is 5.92 Å². The second-order valence-electron chi connectivity index (χ2n) is 5.29. The summed E-state index contributed by atoms with van der Waals surface area (Å²) in [5, 5.41) is 7.90. The largest absolute Gasteiger partial charge is 0.337 e. The first kappa shape index (κ1) is 14.5. The van der Waals surface area contributed by atoms with Crippen LogP contribution in [-0.2, 0) is 6.42 Å². The van der Waals surface area contributed by atoms with E-state index in [1.807, 2.05) is 11.0 Å². The van der Waals surface area contributed by atoms with Gasteiger partial charge in [0.15, 0.2) is 0 Å². The number of amides is 1. The zero-order chi connectivity index (χ0) is 14.7. The lowest BCUT2D eigenvalue weighted by Crippen LogP contribution is -2.38. The molecule has 0 spiro atoms. The lowest BCUT2D eigenvalue weighted by molar-refractivity contribution is 0.0689. The minimum atomic E-state index is -0.0439. The van der Waals surface area contributed by atoms with Crippen molar-refractivity contribution < 1.29 is 4.79 Å². The summed E-state index contributed by atoms with van der Waals surface area (Å²) in [5.41, 5.74) is 1.37. The summed E-state index contributed by atoms with van der Waals surface area (Å²) < 4.78 is 0.317. The molecule has 3 rings (SSSR count). The predicted octanol–water partition coefficient (Wildman–Crippen LogP) is 3.29. The molecule has 0 radical (unpaired) electrons. The quantitative estimate of drug-likeness (QED) is 0.871. The van der Waals surface area contributed by atoms with Crippen molar-refractivity contribution in [3.8, 4) is 0 Å². The van der Waals surface area contributed by atoms with Crippen LogP contribution in [0.15, 0.2) is 30.3 Å². The zero-order valence-corrected chi connectivity index (χ0v) is 13.1. The molecule has 6 heteroatoms. The van der Waals surface area contributed by atoms with Crippen molar-refractivity contribution in [2.45, 2.75) is 19.3 Å².